The van der Waals surface area contributed by atoms with Crippen LogP contribution in [0.15, 0.2) is 71.7 Å². The Morgan fingerprint density at radius 1 is 1.03 bits per heavy atom. The Balaban J connectivity index is 1.58. The van der Waals surface area contributed by atoms with Crippen LogP contribution in [0.25, 0.3) is 11.0 Å². The minimum atomic E-state index is -4.72. The highest BCUT2D eigenvalue weighted by molar-refractivity contribution is 6.31. The van der Waals surface area contributed by atoms with Gasteiger partial charge in [-0.2, -0.15) is 13.2 Å². The number of hydrogen-bond donors (Lipinski definition) is 1. The molecule has 0 unspecified atom stereocenters. The molecule has 0 aliphatic carbocycles. The van der Waals surface area contributed by atoms with Gasteiger partial charge in [-0.15, -0.1) is 0 Å². The predicted octanol–water partition coefficient (Wildman–Crippen LogP) is 4.56. The third-order valence-corrected chi connectivity index (χ3v) is 5.14. The summed E-state index contributed by atoms with van der Waals surface area (Å²) in [6.07, 6.45) is -3.30. The number of carbonyl (C=O) groups is 1. The first-order valence-corrected chi connectivity index (χ1v) is 9.86. The first-order valence-electron chi connectivity index (χ1n) is 9.48. The van der Waals surface area contributed by atoms with E-state index in [4.69, 9.17) is 11.6 Å². The molecule has 0 radical (unpaired) electrons. The normalized spacial score (nSPS) is 11.6. The lowest BCUT2D eigenvalue weighted by atomic mass is 10.2. The number of imidazole rings is 1. The van der Waals surface area contributed by atoms with E-state index in [9.17, 15) is 22.8 Å². The van der Waals surface area contributed by atoms with Gasteiger partial charge in [0.25, 0.3) is 5.56 Å². The third-order valence-electron chi connectivity index (χ3n) is 4.78. The van der Waals surface area contributed by atoms with E-state index in [1.165, 1.54) is 35.0 Å². The second kappa shape index (κ2) is 8.51. The van der Waals surface area contributed by atoms with Crippen LogP contribution in [-0.2, 0) is 24.1 Å². The van der Waals surface area contributed by atoms with Gasteiger partial charge in [-0.25, -0.2) is 4.98 Å². The molecule has 32 heavy (non-hydrogen) atoms. The summed E-state index contributed by atoms with van der Waals surface area (Å²) in [5.74, 6) is -1.85. The highest BCUT2D eigenvalue weighted by Gasteiger charge is 2.38. The van der Waals surface area contributed by atoms with Crippen LogP contribution in [0.1, 0.15) is 11.4 Å². The van der Waals surface area contributed by atoms with E-state index in [1.54, 1.807) is 36.4 Å². The Morgan fingerprint density at radius 3 is 2.50 bits per heavy atom. The molecule has 0 saturated carbocycles. The standard InChI is InChI=1S/C22H16ClF3N4O2/c23-16-6-2-1-5-14(16)11-29-12-15(9-10-20(29)32)27-19(31)13-30-18-8-4-3-7-17(18)28-21(30)22(24,25)26/h1-10,12H,11,13H2,(H,27,31). The molecule has 4 rings (SSSR count). The highest BCUT2D eigenvalue weighted by Crippen LogP contribution is 2.31. The number of fused-ring (bicyclic) bond motifs is 1. The molecular formula is C22H16ClF3N4O2. The fraction of sp³-hybridized carbons (Fsp3) is 0.136. The van der Waals surface area contributed by atoms with Gasteiger partial charge in [0.05, 0.1) is 23.3 Å². The fourth-order valence-electron chi connectivity index (χ4n) is 3.34. The Labute approximate surface area is 184 Å². The minimum Gasteiger partial charge on any atom is -0.323 e. The SMILES string of the molecule is O=C(Cn1c(C(F)(F)F)nc2ccccc21)Nc1ccc(=O)n(Cc2ccccc2Cl)c1. The van der Waals surface area contributed by atoms with Crippen molar-refractivity contribution in [2.24, 2.45) is 0 Å². The van der Waals surface area contributed by atoms with Crippen LogP contribution in [0.2, 0.25) is 5.02 Å². The largest absolute Gasteiger partial charge is 0.449 e. The van der Waals surface area contributed by atoms with Gasteiger partial charge in [0, 0.05) is 17.3 Å². The molecule has 1 amide bonds. The lowest BCUT2D eigenvalue weighted by Gasteiger charge is -2.13. The summed E-state index contributed by atoms with van der Waals surface area (Å²) < 4.78 is 42.5. The quantitative estimate of drug-likeness (QED) is 0.475. The van der Waals surface area contributed by atoms with Crippen molar-refractivity contribution in [2.45, 2.75) is 19.3 Å². The maximum absolute atomic E-state index is 13.4. The molecule has 0 atom stereocenters. The van der Waals surface area contributed by atoms with Gasteiger partial charge < -0.3 is 14.5 Å². The van der Waals surface area contributed by atoms with Crippen molar-refractivity contribution in [2.75, 3.05) is 5.32 Å². The molecule has 164 valence electrons. The van der Waals surface area contributed by atoms with Gasteiger partial charge in [0.2, 0.25) is 11.7 Å². The van der Waals surface area contributed by atoms with E-state index in [-0.39, 0.29) is 28.8 Å². The molecule has 2 heterocycles. The maximum Gasteiger partial charge on any atom is 0.449 e. The van der Waals surface area contributed by atoms with Crippen molar-refractivity contribution in [1.82, 2.24) is 14.1 Å². The molecule has 0 fully saturated rings. The molecular weight excluding hydrogens is 445 g/mol. The van der Waals surface area contributed by atoms with Crippen LogP contribution in [0.5, 0.6) is 0 Å². The number of halogens is 4. The van der Waals surface area contributed by atoms with Crippen molar-refractivity contribution in [3.63, 3.8) is 0 Å². The second-order valence-electron chi connectivity index (χ2n) is 7.03. The van der Waals surface area contributed by atoms with Gasteiger partial charge in [-0.3, -0.25) is 9.59 Å². The molecule has 1 N–H and O–H groups in total. The van der Waals surface area contributed by atoms with Gasteiger partial charge in [0.1, 0.15) is 6.54 Å². The Bertz CT molecular complexity index is 1360. The number of aromatic nitrogens is 3. The summed E-state index contributed by atoms with van der Waals surface area (Å²) in [4.78, 5) is 28.4. The molecule has 2 aromatic heterocycles. The minimum absolute atomic E-state index is 0.140. The average molecular weight is 461 g/mol. The van der Waals surface area contributed by atoms with Gasteiger partial charge in [-0.05, 0) is 29.8 Å². The lowest BCUT2D eigenvalue weighted by molar-refractivity contribution is -0.147. The Kier molecular flexibility index (Phi) is 5.75. The van der Waals surface area contributed by atoms with Gasteiger partial charge in [0.15, 0.2) is 0 Å². The van der Waals surface area contributed by atoms with Crippen LogP contribution in [0.4, 0.5) is 18.9 Å². The van der Waals surface area contributed by atoms with Crippen molar-refractivity contribution >= 4 is 34.2 Å². The molecule has 0 aliphatic rings. The fourth-order valence-corrected chi connectivity index (χ4v) is 3.53. The van der Waals surface area contributed by atoms with Gasteiger partial charge in [-0.1, -0.05) is 41.9 Å². The first-order chi connectivity index (χ1) is 15.2. The van der Waals surface area contributed by atoms with E-state index in [1.807, 2.05) is 0 Å². The van der Waals surface area contributed by atoms with E-state index in [2.05, 4.69) is 10.3 Å². The summed E-state index contributed by atoms with van der Waals surface area (Å²) in [6.45, 7) is -0.425. The molecule has 2 aromatic carbocycles. The summed E-state index contributed by atoms with van der Waals surface area (Å²) in [6, 6.07) is 15.7. The van der Waals surface area contributed by atoms with Crippen LogP contribution < -0.4 is 10.9 Å². The van der Waals surface area contributed by atoms with Crippen LogP contribution in [0, 0.1) is 0 Å². The highest BCUT2D eigenvalue weighted by atomic mass is 35.5. The van der Waals surface area contributed by atoms with Crippen molar-refractivity contribution in [3.8, 4) is 0 Å². The molecule has 0 aliphatic heterocycles. The summed E-state index contributed by atoms with van der Waals surface area (Å²) in [5, 5.41) is 3.03. The number of hydrogen-bond acceptors (Lipinski definition) is 3. The zero-order valence-electron chi connectivity index (χ0n) is 16.4. The zero-order chi connectivity index (χ0) is 22.9. The van der Waals surface area contributed by atoms with Crippen LogP contribution in [-0.4, -0.2) is 20.0 Å². The lowest BCUT2D eigenvalue weighted by Crippen LogP contribution is -2.25. The molecule has 4 aromatic rings. The third kappa shape index (κ3) is 4.52. The molecule has 0 bridgehead atoms. The molecule has 10 heteroatoms. The Morgan fingerprint density at radius 2 is 1.75 bits per heavy atom. The van der Waals surface area contributed by atoms with Crippen molar-refractivity contribution in [1.29, 1.82) is 0 Å². The molecule has 6 nitrogen and oxygen atoms in total. The number of anilines is 1. The van der Waals surface area contributed by atoms with E-state index >= 15 is 0 Å². The Hall–Kier alpha value is -3.59. The number of pyridine rings is 1. The first kappa shape index (κ1) is 21.6. The number of benzene rings is 2. The summed E-state index contributed by atoms with van der Waals surface area (Å²) in [5.41, 5.74) is 0.988. The maximum atomic E-state index is 13.4. The number of amides is 1. The number of nitrogens with one attached hydrogen (secondary N) is 1. The van der Waals surface area contributed by atoms with Crippen LogP contribution >= 0.6 is 11.6 Å². The van der Waals surface area contributed by atoms with E-state index < -0.39 is 24.5 Å². The van der Waals surface area contributed by atoms with Crippen molar-refractivity contribution in [3.05, 3.63) is 93.6 Å². The summed E-state index contributed by atoms with van der Waals surface area (Å²) in [7, 11) is 0. The van der Waals surface area contributed by atoms with E-state index in [0.717, 1.165) is 4.57 Å². The van der Waals surface area contributed by atoms with E-state index in [0.29, 0.717) is 10.6 Å². The number of nitrogens with zero attached hydrogens (tertiary/aromatic N) is 3. The second-order valence-corrected chi connectivity index (χ2v) is 7.44. The number of alkyl halides is 3. The monoisotopic (exact) mass is 460 g/mol. The van der Waals surface area contributed by atoms with Gasteiger partial charge >= 0.3 is 6.18 Å². The summed E-state index contributed by atoms with van der Waals surface area (Å²) >= 11 is 6.14. The van der Waals surface area contributed by atoms with Crippen LogP contribution in [0.3, 0.4) is 0 Å². The number of para-hydroxylation sites is 2. The molecule has 0 spiro atoms. The number of rotatable bonds is 5. The average Bonchev–Trinajstić information content (AvgIpc) is 3.11. The molecule has 0 saturated heterocycles. The predicted molar refractivity (Wildman–Crippen MR) is 115 cm³/mol. The van der Waals surface area contributed by atoms with Crippen molar-refractivity contribution < 1.29 is 18.0 Å². The number of carbonyl (C=O) groups excluding carboxylic acids is 1. The zero-order valence-corrected chi connectivity index (χ0v) is 17.2. The smallest absolute Gasteiger partial charge is 0.323 e. The topological polar surface area (TPSA) is 68.9 Å².